The van der Waals surface area contributed by atoms with Gasteiger partial charge in [-0.1, -0.05) is 162 Å². The zero-order valence-corrected chi connectivity index (χ0v) is 45.2. The number of nitrogens with zero attached hydrogens (tertiary/aromatic N) is 4. The molecule has 0 aliphatic carbocycles. The molecule has 0 aromatic heterocycles. The minimum absolute atomic E-state index is 0.625. The summed E-state index contributed by atoms with van der Waals surface area (Å²) >= 11 is 3.59. The number of hydrogen-bond donors (Lipinski definition) is 1. The fourth-order valence-corrected chi connectivity index (χ4v) is 10.3. The number of para-hydroxylation sites is 7. The number of benzene rings is 12. The van der Waals surface area contributed by atoms with Gasteiger partial charge < -0.3 is 34.4 Å². The molecule has 0 aliphatic heterocycles. The third-order valence-corrected chi connectivity index (χ3v) is 13.9. The van der Waals surface area contributed by atoms with Crippen LogP contribution in [0.15, 0.2) is 326 Å². The van der Waals surface area contributed by atoms with Crippen LogP contribution in [0.3, 0.4) is 0 Å². The molecule has 386 valence electrons. The molecule has 0 spiro atoms. The number of halogens is 1. The van der Waals surface area contributed by atoms with Crippen molar-refractivity contribution in [1.29, 1.82) is 0 Å². The normalized spacial score (nSPS) is 10.8. The van der Waals surface area contributed by atoms with Crippen molar-refractivity contribution in [1.82, 2.24) is 0 Å². The smallest absolute Gasteiger partial charge is 0.131 e. The maximum absolute atomic E-state index is 6.97. The number of hydrogen-bond acceptors (Lipinski definition) is 7. The van der Waals surface area contributed by atoms with E-state index in [2.05, 4.69) is 296 Å². The van der Waals surface area contributed by atoms with Crippen LogP contribution in [-0.2, 0) is 0 Å². The summed E-state index contributed by atoms with van der Waals surface area (Å²) in [7, 11) is 0. The Labute approximate surface area is 476 Å². The summed E-state index contributed by atoms with van der Waals surface area (Å²) in [5.74, 6) is 2.62. The van der Waals surface area contributed by atoms with Crippen LogP contribution in [0.1, 0.15) is 0 Å². The average molecular weight is 1100 g/mol. The van der Waals surface area contributed by atoms with Crippen LogP contribution in [0.25, 0.3) is 0 Å². The third-order valence-electron chi connectivity index (χ3n) is 13.4. The van der Waals surface area contributed by atoms with Gasteiger partial charge in [-0.25, -0.2) is 0 Å². The topological polar surface area (TPSA) is 43.5 Å². The van der Waals surface area contributed by atoms with Crippen LogP contribution in [0.2, 0.25) is 0 Å². The first-order valence-electron chi connectivity index (χ1n) is 26.5. The Morgan fingerprint density at radius 2 is 0.500 bits per heavy atom. The van der Waals surface area contributed by atoms with Crippen LogP contribution in [0.5, 0.6) is 23.0 Å². The van der Waals surface area contributed by atoms with Crippen molar-refractivity contribution in [3.63, 3.8) is 0 Å². The van der Waals surface area contributed by atoms with E-state index >= 15 is 0 Å². The van der Waals surface area contributed by atoms with E-state index in [0.29, 0.717) is 23.0 Å². The lowest BCUT2D eigenvalue weighted by Crippen LogP contribution is -2.15. The second kappa shape index (κ2) is 23.9. The largest absolute Gasteiger partial charge is 0.457 e. The summed E-state index contributed by atoms with van der Waals surface area (Å²) in [5, 5.41) is 3.76. The van der Waals surface area contributed by atoms with Gasteiger partial charge in [-0.2, -0.15) is 0 Å². The first kappa shape index (κ1) is 50.5. The Morgan fingerprint density at radius 1 is 0.212 bits per heavy atom. The van der Waals surface area contributed by atoms with Gasteiger partial charge in [0.15, 0.2) is 0 Å². The number of nitrogens with one attached hydrogen (secondary N) is 1. The van der Waals surface area contributed by atoms with E-state index in [4.69, 9.17) is 9.47 Å². The van der Waals surface area contributed by atoms with E-state index in [1.54, 1.807) is 0 Å². The highest BCUT2D eigenvalue weighted by molar-refractivity contribution is 9.10. The molecule has 7 nitrogen and oxygen atoms in total. The zero-order valence-electron chi connectivity index (χ0n) is 43.6. The average Bonchev–Trinajstić information content (AvgIpc) is 3.67. The van der Waals surface area contributed by atoms with E-state index in [1.165, 1.54) is 0 Å². The van der Waals surface area contributed by atoms with Crippen molar-refractivity contribution in [2.24, 2.45) is 0 Å². The van der Waals surface area contributed by atoms with E-state index < -0.39 is 0 Å². The monoisotopic (exact) mass is 1100 g/mol. The highest BCUT2D eigenvalue weighted by Gasteiger charge is 2.23. The Kier molecular flexibility index (Phi) is 15.1. The molecule has 0 aliphatic rings. The van der Waals surface area contributed by atoms with Crippen molar-refractivity contribution in [2.75, 3.05) is 24.9 Å². The third kappa shape index (κ3) is 11.8. The summed E-state index contributed by atoms with van der Waals surface area (Å²) in [4.78, 5) is 9.21. The summed E-state index contributed by atoms with van der Waals surface area (Å²) in [6.07, 6.45) is 0. The Balaban J connectivity index is 1.03. The summed E-state index contributed by atoms with van der Waals surface area (Å²) in [5.41, 5.74) is 13.6. The van der Waals surface area contributed by atoms with Crippen molar-refractivity contribution < 1.29 is 9.47 Å². The van der Waals surface area contributed by atoms with E-state index in [0.717, 1.165) is 84.1 Å². The van der Waals surface area contributed by atoms with Gasteiger partial charge in [-0.05, 0) is 158 Å². The lowest BCUT2D eigenvalue weighted by atomic mass is 10.1. The van der Waals surface area contributed by atoms with Gasteiger partial charge in [0.1, 0.15) is 23.0 Å². The van der Waals surface area contributed by atoms with Gasteiger partial charge in [0.25, 0.3) is 0 Å². The van der Waals surface area contributed by atoms with Gasteiger partial charge >= 0.3 is 0 Å². The van der Waals surface area contributed by atoms with Gasteiger partial charge in [-0.15, -0.1) is 0 Å². The maximum Gasteiger partial charge on any atom is 0.131 e. The summed E-state index contributed by atoms with van der Waals surface area (Å²) in [6.45, 7) is 0. The molecule has 1 N–H and O–H groups in total. The van der Waals surface area contributed by atoms with E-state index in [1.807, 2.05) is 66.7 Å². The van der Waals surface area contributed by atoms with E-state index in [-0.39, 0.29) is 0 Å². The molecule has 0 fully saturated rings. The molecule has 0 bridgehead atoms. The molecule has 12 aromatic rings. The lowest BCUT2D eigenvalue weighted by Gasteiger charge is -2.32. The highest BCUT2D eigenvalue weighted by atomic mass is 79.9. The molecule has 0 unspecified atom stereocenters. The predicted molar refractivity (Wildman–Crippen MR) is 336 cm³/mol. The van der Waals surface area contributed by atoms with Crippen LogP contribution in [0.4, 0.5) is 79.6 Å². The Bertz CT molecular complexity index is 3880. The first-order chi connectivity index (χ1) is 39.5. The Morgan fingerprint density at radius 3 is 0.887 bits per heavy atom. The molecule has 0 saturated heterocycles. The molecule has 80 heavy (non-hydrogen) atoms. The molecule has 0 amide bonds. The quantitative estimate of drug-likeness (QED) is 0.0918. The van der Waals surface area contributed by atoms with Gasteiger partial charge in [0.2, 0.25) is 0 Å². The SMILES string of the molecule is Brc1cccc(Oc2cccc(Oc3cc(N(c4ccccc4)c4ccccc4)cc(N(c4ccccc4)c4cccc(N(c5ccccc5)c5cc(Nc6ccccc6)cc(N(c6ccccc6)c6ccccc6)c5)c4)c3)c2)c1. The number of anilines is 14. The second-order valence-electron chi connectivity index (χ2n) is 18.9. The van der Waals surface area contributed by atoms with Crippen LogP contribution < -0.4 is 34.4 Å². The molecule has 12 aromatic carbocycles. The highest BCUT2D eigenvalue weighted by Crippen LogP contribution is 2.47. The predicted octanol–water partition coefficient (Wildman–Crippen LogP) is 21.7. The van der Waals surface area contributed by atoms with Crippen molar-refractivity contribution in [3.05, 3.63) is 326 Å². The molecule has 8 heteroatoms. The van der Waals surface area contributed by atoms with Gasteiger partial charge in [0.05, 0.1) is 22.7 Å². The fraction of sp³-hybridized carbons (Fsp3) is 0. The van der Waals surface area contributed by atoms with Crippen molar-refractivity contribution in [3.8, 4) is 23.0 Å². The fourth-order valence-electron chi connectivity index (χ4n) is 9.93. The zero-order chi connectivity index (χ0) is 53.9. The minimum atomic E-state index is 0.625. The molecule has 0 saturated carbocycles. The van der Waals surface area contributed by atoms with E-state index in [9.17, 15) is 0 Å². The Hall–Kier alpha value is -10.3. The van der Waals surface area contributed by atoms with Crippen molar-refractivity contribution in [2.45, 2.75) is 0 Å². The molecular formula is C72H54BrN5O2. The van der Waals surface area contributed by atoms with Crippen LogP contribution in [-0.4, -0.2) is 0 Å². The molecule has 0 radical (unpaired) electrons. The molecule has 12 rings (SSSR count). The van der Waals surface area contributed by atoms with Crippen molar-refractivity contribution >= 4 is 95.6 Å². The summed E-state index contributed by atoms with van der Waals surface area (Å²) in [6, 6.07) is 111. The van der Waals surface area contributed by atoms with Gasteiger partial charge in [0, 0.05) is 79.5 Å². The number of rotatable bonds is 18. The second-order valence-corrected chi connectivity index (χ2v) is 19.8. The summed E-state index contributed by atoms with van der Waals surface area (Å²) < 4.78 is 14.2. The van der Waals surface area contributed by atoms with Gasteiger partial charge in [-0.3, -0.25) is 0 Å². The maximum atomic E-state index is 6.97. The lowest BCUT2D eigenvalue weighted by molar-refractivity contribution is 0.460. The first-order valence-corrected chi connectivity index (χ1v) is 27.3. The molecular weight excluding hydrogens is 1050 g/mol. The van der Waals surface area contributed by atoms with Crippen LogP contribution >= 0.6 is 15.9 Å². The minimum Gasteiger partial charge on any atom is -0.457 e. The standard InChI is InChI=1S/C72H54BrN5O2/c73-54-25-22-42-69(45-54)79-70-43-24-44-71(53-70)80-72-51-67(76(59-32-14-4-15-33-59)60-34-16-5-17-35-60)50-68(52-72)78(62-38-20-7-21-39-62)64-41-23-40-63(48-64)77(61-36-18-6-19-37-61)66-47-56(74-55-26-8-1-9-27-55)46-65(49-66)75(57-28-10-2-11-29-57)58-30-12-3-13-31-58/h1-53,74H. The van der Waals surface area contributed by atoms with Crippen LogP contribution in [0, 0.1) is 0 Å². The molecule has 0 heterocycles. The number of ether oxygens (including phenoxy) is 2. The molecule has 0 atom stereocenters.